The van der Waals surface area contributed by atoms with E-state index in [1.807, 2.05) is 0 Å². The maximum atomic E-state index is 3.86. The van der Waals surface area contributed by atoms with Gasteiger partial charge in [-0.05, 0) is 52.9 Å². The van der Waals surface area contributed by atoms with E-state index in [1.54, 1.807) is 11.1 Å². The molecule has 18 heavy (non-hydrogen) atoms. The maximum Gasteiger partial charge on any atom is 0.130 e. The molecular formula is C15H30N2Si. The van der Waals surface area contributed by atoms with Gasteiger partial charge in [0.2, 0.25) is 0 Å². The molecule has 0 amide bonds. The number of nitrogens with zero attached hydrogens (tertiary/aromatic N) is 1. The van der Waals surface area contributed by atoms with Crippen LogP contribution < -0.4 is 4.98 Å². The average molecular weight is 267 g/mol. The lowest BCUT2D eigenvalue weighted by Crippen LogP contribution is -2.51. The van der Waals surface area contributed by atoms with Crippen LogP contribution in [0.25, 0.3) is 0 Å². The quantitative estimate of drug-likeness (QED) is 0.767. The first-order valence-corrected chi connectivity index (χ1v) is 10.0. The highest BCUT2D eigenvalue weighted by Crippen LogP contribution is 2.45. The molecule has 0 unspecified atom stereocenters. The van der Waals surface area contributed by atoms with Gasteiger partial charge in [-0.15, -0.1) is 0 Å². The molecule has 0 radical (unpaired) electrons. The van der Waals surface area contributed by atoms with E-state index >= 15 is 0 Å². The molecule has 1 aliphatic carbocycles. The van der Waals surface area contributed by atoms with Crippen LogP contribution in [0.3, 0.4) is 0 Å². The van der Waals surface area contributed by atoms with E-state index in [-0.39, 0.29) is 0 Å². The Balaban J connectivity index is 2.80. The maximum absolute atomic E-state index is 3.86. The number of likely N-dealkylation sites (N-methyl/N-ethyl adjacent to an activating group) is 1. The van der Waals surface area contributed by atoms with Gasteiger partial charge in [0.1, 0.15) is 8.24 Å². The number of nitrogens with one attached hydrogen (secondary N) is 1. The highest BCUT2D eigenvalue weighted by molar-refractivity contribution is 6.77. The van der Waals surface area contributed by atoms with Crippen molar-refractivity contribution in [3.8, 4) is 0 Å². The van der Waals surface area contributed by atoms with Crippen LogP contribution in [-0.4, -0.2) is 40.3 Å². The summed E-state index contributed by atoms with van der Waals surface area (Å²) in [6.45, 7) is 16.3. The van der Waals surface area contributed by atoms with E-state index in [0.29, 0.717) is 5.54 Å². The zero-order chi connectivity index (χ0) is 14.1. The van der Waals surface area contributed by atoms with Gasteiger partial charge in [0.05, 0.1) is 0 Å². The van der Waals surface area contributed by atoms with Gasteiger partial charge in [-0.25, -0.2) is 0 Å². The van der Waals surface area contributed by atoms with Crippen molar-refractivity contribution >= 4 is 8.24 Å². The minimum atomic E-state index is -1.44. The van der Waals surface area contributed by atoms with Gasteiger partial charge in [0.15, 0.2) is 0 Å². The molecule has 0 bridgehead atoms. The summed E-state index contributed by atoms with van der Waals surface area (Å²) in [7, 11) is 2.83. The van der Waals surface area contributed by atoms with Gasteiger partial charge in [0, 0.05) is 18.6 Å². The predicted octanol–water partition coefficient (Wildman–Crippen LogP) is 3.40. The SMILES string of the molecule is CC1=C(C)C([Si](C)(C)NCCN(C)C)C(C)=C1C. The Hall–Kier alpha value is -0.383. The van der Waals surface area contributed by atoms with Gasteiger partial charge in [-0.3, -0.25) is 0 Å². The third kappa shape index (κ3) is 3.14. The number of allylic oxidation sites excluding steroid dienone is 4. The van der Waals surface area contributed by atoms with E-state index in [2.05, 4.69) is 64.8 Å². The first-order chi connectivity index (χ1) is 8.18. The fraction of sp³-hybridized carbons (Fsp3) is 0.733. The van der Waals surface area contributed by atoms with Gasteiger partial charge in [0.25, 0.3) is 0 Å². The molecular weight excluding hydrogens is 236 g/mol. The van der Waals surface area contributed by atoms with Crippen molar-refractivity contribution in [3.05, 3.63) is 22.3 Å². The van der Waals surface area contributed by atoms with Gasteiger partial charge in [-0.1, -0.05) is 24.2 Å². The molecule has 0 fully saturated rings. The highest BCUT2D eigenvalue weighted by Gasteiger charge is 2.38. The Morgan fingerprint density at radius 1 is 1.00 bits per heavy atom. The third-order valence-electron chi connectivity index (χ3n) is 4.47. The van der Waals surface area contributed by atoms with Crippen LogP contribution >= 0.6 is 0 Å². The monoisotopic (exact) mass is 266 g/mol. The molecule has 3 heteroatoms. The van der Waals surface area contributed by atoms with Crippen molar-refractivity contribution in [2.75, 3.05) is 27.2 Å². The molecule has 0 aromatic carbocycles. The van der Waals surface area contributed by atoms with Crippen LogP contribution in [0, 0.1) is 0 Å². The molecule has 0 aliphatic heterocycles. The third-order valence-corrected chi connectivity index (χ3v) is 7.94. The van der Waals surface area contributed by atoms with E-state index in [1.165, 1.54) is 11.1 Å². The summed E-state index contributed by atoms with van der Waals surface area (Å²) in [5, 5.41) is 0. The molecule has 0 aromatic rings. The second-order valence-corrected chi connectivity index (χ2v) is 10.9. The number of hydrogen-bond acceptors (Lipinski definition) is 2. The van der Waals surface area contributed by atoms with Crippen LogP contribution in [-0.2, 0) is 0 Å². The Morgan fingerprint density at radius 3 is 1.83 bits per heavy atom. The summed E-state index contributed by atoms with van der Waals surface area (Å²) < 4.78 is 0. The largest absolute Gasteiger partial charge is 0.336 e. The molecule has 0 atom stereocenters. The lowest BCUT2D eigenvalue weighted by Gasteiger charge is -2.33. The zero-order valence-corrected chi connectivity index (χ0v) is 14.4. The van der Waals surface area contributed by atoms with E-state index in [4.69, 9.17) is 0 Å². The molecule has 0 aromatic heterocycles. The predicted molar refractivity (Wildman–Crippen MR) is 84.5 cm³/mol. The molecule has 0 spiro atoms. The minimum absolute atomic E-state index is 0.680. The van der Waals surface area contributed by atoms with Crippen LogP contribution in [0.5, 0.6) is 0 Å². The molecule has 2 nitrogen and oxygen atoms in total. The Kier molecular flexibility index (Phi) is 4.98. The van der Waals surface area contributed by atoms with E-state index in [9.17, 15) is 0 Å². The molecule has 1 aliphatic rings. The molecule has 0 heterocycles. The summed E-state index contributed by atoms with van der Waals surface area (Å²) in [6, 6.07) is 0. The van der Waals surface area contributed by atoms with E-state index < -0.39 is 8.24 Å². The minimum Gasteiger partial charge on any atom is -0.336 e. The second kappa shape index (κ2) is 5.72. The summed E-state index contributed by atoms with van der Waals surface area (Å²) >= 11 is 0. The van der Waals surface area contributed by atoms with Crippen molar-refractivity contribution in [1.29, 1.82) is 0 Å². The van der Waals surface area contributed by atoms with Crippen molar-refractivity contribution < 1.29 is 0 Å². The highest BCUT2D eigenvalue weighted by atomic mass is 28.3. The van der Waals surface area contributed by atoms with Crippen molar-refractivity contribution in [3.63, 3.8) is 0 Å². The molecule has 104 valence electrons. The number of hydrogen-bond donors (Lipinski definition) is 1. The summed E-state index contributed by atoms with van der Waals surface area (Å²) in [4.78, 5) is 6.11. The topological polar surface area (TPSA) is 15.3 Å². The Labute approximate surface area is 114 Å². The van der Waals surface area contributed by atoms with Gasteiger partial charge >= 0.3 is 0 Å². The molecule has 1 rings (SSSR count). The average Bonchev–Trinajstić information content (AvgIpc) is 2.42. The van der Waals surface area contributed by atoms with Crippen LogP contribution in [0.4, 0.5) is 0 Å². The van der Waals surface area contributed by atoms with Crippen molar-refractivity contribution in [1.82, 2.24) is 9.88 Å². The van der Waals surface area contributed by atoms with Crippen molar-refractivity contribution in [2.45, 2.75) is 46.3 Å². The second-order valence-electron chi connectivity index (χ2n) is 6.50. The smallest absolute Gasteiger partial charge is 0.130 e. The van der Waals surface area contributed by atoms with Crippen LogP contribution in [0.15, 0.2) is 22.3 Å². The Morgan fingerprint density at radius 2 is 1.44 bits per heavy atom. The summed E-state index contributed by atoms with van der Waals surface area (Å²) in [5.41, 5.74) is 6.91. The number of rotatable bonds is 5. The summed E-state index contributed by atoms with van der Waals surface area (Å²) in [6.07, 6.45) is 0. The standard InChI is InChI=1S/C15H30N2Si/c1-11-12(2)14(4)15(13(11)3)18(7,8)16-9-10-17(5)6/h15-16H,9-10H2,1-8H3. The lowest BCUT2D eigenvalue weighted by atomic mass is 10.1. The fourth-order valence-corrected chi connectivity index (χ4v) is 6.69. The van der Waals surface area contributed by atoms with Crippen LogP contribution in [0.2, 0.25) is 18.6 Å². The zero-order valence-electron chi connectivity index (χ0n) is 13.4. The van der Waals surface area contributed by atoms with E-state index in [0.717, 1.165) is 13.1 Å². The first kappa shape index (κ1) is 15.7. The Bertz CT molecular complexity index is 354. The lowest BCUT2D eigenvalue weighted by molar-refractivity contribution is 0.412. The fourth-order valence-electron chi connectivity index (χ4n) is 3.14. The van der Waals surface area contributed by atoms with Crippen LogP contribution in [0.1, 0.15) is 27.7 Å². The molecule has 1 N–H and O–H groups in total. The van der Waals surface area contributed by atoms with Crippen molar-refractivity contribution in [2.24, 2.45) is 0 Å². The van der Waals surface area contributed by atoms with Gasteiger partial charge < -0.3 is 9.88 Å². The normalized spacial score (nSPS) is 18.5. The first-order valence-electron chi connectivity index (χ1n) is 6.93. The summed E-state index contributed by atoms with van der Waals surface area (Å²) in [5.74, 6) is 0. The molecule has 0 saturated heterocycles. The molecule has 0 saturated carbocycles. The van der Waals surface area contributed by atoms with Gasteiger partial charge in [-0.2, -0.15) is 0 Å².